The van der Waals surface area contributed by atoms with Gasteiger partial charge in [-0.15, -0.1) is 0 Å². The lowest BCUT2D eigenvalue weighted by atomic mass is 9.79. The monoisotopic (exact) mass is 422 g/mol. The normalized spacial score (nSPS) is 24.8. The van der Waals surface area contributed by atoms with Crippen LogP contribution < -0.4 is 0 Å². The molecule has 1 N–H and O–H groups in total. The van der Waals surface area contributed by atoms with Gasteiger partial charge in [0.15, 0.2) is 11.0 Å². The van der Waals surface area contributed by atoms with Gasteiger partial charge in [0, 0.05) is 40.9 Å². The van der Waals surface area contributed by atoms with E-state index in [1.807, 2.05) is 17.6 Å². The minimum atomic E-state index is -1.44. The number of fused-ring (bicyclic) bond motifs is 4. The van der Waals surface area contributed by atoms with Gasteiger partial charge >= 0.3 is 6.09 Å². The summed E-state index contributed by atoms with van der Waals surface area (Å²) in [4.78, 5) is 21.2. The fourth-order valence-electron chi connectivity index (χ4n) is 4.79. The van der Waals surface area contributed by atoms with E-state index in [2.05, 4.69) is 9.97 Å². The van der Waals surface area contributed by atoms with Gasteiger partial charge in [0.1, 0.15) is 11.8 Å². The summed E-state index contributed by atoms with van der Waals surface area (Å²) in [6, 6.07) is 1.71. The lowest BCUT2D eigenvalue weighted by Gasteiger charge is -2.38. The molecule has 2 saturated heterocycles. The van der Waals surface area contributed by atoms with Crippen molar-refractivity contribution in [2.45, 2.75) is 30.5 Å². The van der Waals surface area contributed by atoms with E-state index >= 15 is 0 Å². The molecule has 3 aromatic heterocycles. The minimum Gasteiger partial charge on any atom is -0.610 e. The Kier molecular flexibility index (Phi) is 3.82. The van der Waals surface area contributed by atoms with Crippen LogP contribution in [0.1, 0.15) is 18.2 Å². The maximum Gasteiger partial charge on any atom is 0.407 e. The predicted octanol–water partition coefficient (Wildman–Crippen LogP) is 3.35. The van der Waals surface area contributed by atoms with Crippen LogP contribution in [0.15, 0.2) is 17.3 Å². The molecule has 10 heteroatoms. The third-order valence-corrected chi connectivity index (χ3v) is 7.07. The van der Waals surface area contributed by atoms with Crippen LogP contribution in [0.2, 0.25) is 5.15 Å². The Labute approximate surface area is 167 Å². The summed E-state index contributed by atoms with van der Waals surface area (Å²) in [5.41, 5.74) is 1.60. The third kappa shape index (κ3) is 2.23. The maximum atomic E-state index is 14.7. The number of aryl methyl sites for hydroxylation is 1. The van der Waals surface area contributed by atoms with Crippen molar-refractivity contribution in [3.63, 3.8) is 0 Å². The van der Waals surface area contributed by atoms with Crippen LogP contribution in [0, 0.1) is 18.7 Å². The minimum absolute atomic E-state index is 0.0267. The van der Waals surface area contributed by atoms with Crippen molar-refractivity contribution in [3.05, 3.63) is 28.9 Å². The number of nitrogens with zero attached hydrogens (tertiary/aromatic N) is 4. The highest BCUT2D eigenvalue weighted by Gasteiger charge is 2.55. The number of aromatic nitrogens is 3. The van der Waals surface area contributed by atoms with E-state index in [0.717, 1.165) is 12.1 Å². The number of amides is 1. The Morgan fingerprint density at radius 3 is 2.86 bits per heavy atom. The van der Waals surface area contributed by atoms with Crippen LogP contribution >= 0.6 is 11.6 Å². The largest absolute Gasteiger partial charge is 0.610 e. The second-order valence-corrected chi connectivity index (χ2v) is 9.06. The average Bonchev–Trinajstić information content (AvgIpc) is 3.30. The third-order valence-electron chi connectivity index (χ3n) is 5.95. The number of carbonyl (C=O) groups is 1. The Bertz CT molecular complexity index is 1170. The van der Waals surface area contributed by atoms with E-state index in [1.54, 1.807) is 0 Å². The van der Waals surface area contributed by atoms with Crippen molar-refractivity contribution >= 4 is 50.7 Å². The van der Waals surface area contributed by atoms with Crippen molar-refractivity contribution in [2.75, 3.05) is 12.8 Å². The fraction of sp³-hybridized carbons (Fsp3) is 0.389. The molecule has 5 heterocycles. The number of halogens is 2. The summed E-state index contributed by atoms with van der Waals surface area (Å²) >= 11 is 4.40. The van der Waals surface area contributed by atoms with E-state index in [0.29, 0.717) is 22.8 Å². The molecular weight excluding hydrogens is 407 g/mol. The lowest BCUT2D eigenvalue weighted by Crippen LogP contribution is -2.42. The zero-order valence-electron chi connectivity index (χ0n) is 15.0. The van der Waals surface area contributed by atoms with Crippen LogP contribution in [0.5, 0.6) is 0 Å². The van der Waals surface area contributed by atoms with Crippen LogP contribution in [0.25, 0.3) is 21.8 Å². The van der Waals surface area contributed by atoms with Gasteiger partial charge in [0.25, 0.3) is 5.03 Å². The first kappa shape index (κ1) is 18.0. The molecule has 0 spiro atoms. The zero-order valence-corrected chi connectivity index (χ0v) is 16.6. The van der Waals surface area contributed by atoms with Crippen molar-refractivity contribution in [3.8, 4) is 0 Å². The summed E-state index contributed by atoms with van der Waals surface area (Å²) in [5.74, 6) is -0.554. The van der Waals surface area contributed by atoms with Crippen LogP contribution in [-0.4, -0.2) is 54.0 Å². The first-order chi connectivity index (χ1) is 13.3. The summed E-state index contributed by atoms with van der Waals surface area (Å²) < 4.78 is 29.1. The number of hydrogen-bond donors (Lipinski definition) is 1. The van der Waals surface area contributed by atoms with Gasteiger partial charge in [-0.05, 0) is 19.4 Å². The van der Waals surface area contributed by atoms with Gasteiger partial charge in [-0.25, -0.2) is 14.2 Å². The van der Waals surface area contributed by atoms with Crippen molar-refractivity contribution in [2.24, 2.45) is 5.92 Å². The van der Waals surface area contributed by atoms with Crippen LogP contribution in [0.3, 0.4) is 0 Å². The number of pyridine rings is 2. The Morgan fingerprint density at radius 2 is 2.21 bits per heavy atom. The standard InChI is InChI=1S/C18H16ClFN4O3S/c1-7-3-9-15(24(7)14-8-4-11(14)23(6-8)18(25)26)10-5-21-16(19)12(20)13(10)22-17(9)28(2)27/h3,5,8,11,14H,4,6H2,1-2H3,(H,25,26). The topological polar surface area (TPSA) is 94.3 Å². The number of hydrogen-bond acceptors (Lipinski definition) is 4. The van der Waals surface area contributed by atoms with Crippen LogP contribution in [-0.2, 0) is 11.2 Å². The Balaban J connectivity index is 1.83. The molecule has 4 unspecified atom stereocenters. The first-order valence-electron chi connectivity index (χ1n) is 8.77. The summed E-state index contributed by atoms with van der Waals surface area (Å²) in [5, 5.41) is 10.6. The molecule has 1 saturated carbocycles. The molecule has 7 nitrogen and oxygen atoms in total. The zero-order chi connectivity index (χ0) is 19.9. The van der Waals surface area contributed by atoms with Crippen molar-refractivity contribution in [1.82, 2.24) is 19.4 Å². The maximum absolute atomic E-state index is 14.7. The molecule has 4 atom stereocenters. The molecule has 2 bridgehead atoms. The van der Waals surface area contributed by atoms with Gasteiger partial charge in [0.05, 0.1) is 23.0 Å². The van der Waals surface area contributed by atoms with Gasteiger partial charge in [-0.2, -0.15) is 4.98 Å². The highest BCUT2D eigenvalue weighted by molar-refractivity contribution is 7.90. The molecule has 28 heavy (non-hydrogen) atoms. The van der Waals surface area contributed by atoms with Crippen LogP contribution in [0.4, 0.5) is 9.18 Å². The molecule has 0 radical (unpaired) electrons. The van der Waals surface area contributed by atoms with Gasteiger partial charge < -0.3 is 19.1 Å². The highest BCUT2D eigenvalue weighted by atomic mass is 35.5. The smallest absolute Gasteiger partial charge is 0.407 e. The predicted molar refractivity (Wildman–Crippen MR) is 103 cm³/mol. The average molecular weight is 423 g/mol. The highest BCUT2D eigenvalue weighted by Crippen LogP contribution is 2.52. The lowest BCUT2D eigenvalue weighted by molar-refractivity contribution is 0.124. The molecular formula is C18H16ClFN4O3S. The molecule has 1 amide bonds. The fourth-order valence-corrected chi connectivity index (χ4v) is 5.61. The molecule has 1 aliphatic carbocycles. The van der Waals surface area contributed by atoms with Crippen molar-refractivity contribution in [1.29, 1.82) is 0 Å². The second-order valence-electron chi connectivity index (χ2n) is 7.40. The van der Waals surface area contributed by atoms with E-state index in [4.69, 9.17) is 11.6 Å². The number of carboxylic acid groups (broad SMARTS) is 1. The summed E-state index contributed by atoms with van der Waals surface area (Å²) in [7, 11) is 0. The van der Waals surface area contributed by atoms with E-state index in [1.165, 1.54) is 17.4 Å². The van der Waals surface area contributed by atoms with E-state index in [9.17, 15) is 18.8 Å². The molecule has 146 valence electrons. The Morgan fingerprint density at radius 1 is 1.46 bits per heavy atom. The number of rotatable bonds is 2. The molecule has 2 aliphatic heterocycles. The van der Waals surface area contributed by atoms with Gasteiger partial charge in [0.2, 0.25) is 0 Å². The van der Waals surface area contributed by atoms with Crippen molar-refractivity contribution < 1.29 is 18.8 Å². The molecule has 3 fully saturated rings. The summed E-state index contributed by atoms with van der Waals surface area (Å²) in [6.45, 7) is 2.40. The first-order valence-corrected chi connectivity index (χ1v) is 10.7. The summed E-state index contributed by atoms with van der Waals surface area (Å²) in [6.07, 6.45) is 2.86. The molecule has 0 aromatic carbocycles. The Hall–Kier alpha value is -2.10. The van der Waals surface area contributed by atoms with Gasteiger partial charge in [-0.1, -0.05) is 11.6 Å². The quantitative estimate of drug-likeness (QED) is 0.505. The van der Waals surface area contributed by atoms with E-state index in [-0.39, 0.29) is 33.7 Å². The molecule has 3 aromatic rings. The molecule has 6 rings (SSSR count). The molecule has 3 aliphatic rings. The SMILES string of the molecule is Cc1cc2c([S+](C)[O-])nc3c(F)c(Cl)ncc3c2n1C1C2CC1N(C(=O)O)C2. The second kappa shape index (κ2) is 5.95. The van der Waals surface area contributed by atoms with Gasteiger partial charge in [-0.3, -0.25) is 0 Å². The van der Waals surface area contributed by atoms with E-state index < -0.39 is 23.1 Å².